The Balaban J connectivity index is 1.44. The molecule has 172 valence electrons. The molecular formula is C26H34N2O4. The molecule has 5 fully saturated rings. The fraction of sp³-hybridized carbons (Fsp3) is 0.654. The van der Waals surface area contributed by atoms with Crippen molar-refractivity contribution < 1.29 is 19.1 Å². The van der Waals surface area contributed by atoms with Gasteiger partial charge < -0.3 is 9.64 Å². The third-order valence-electron chi connectivity index (χ3n) is 8.58. The van der Waals surface area contributed by atoms with Gasteiger partial charge in [0, 0.05) is 6.04 Å². The minimum absolute atomic E-state index is 0.0628. The van der Waals surface area contributed by atoms with E-state index in [1.807, 2.05) is 18.7 Å². The highest BCUT2D eigenvalue weighted by molar-refractivity contribution is 6.23. The first-order valence-electron chi connectivity index (χ1n) is 12.2. The predicted octanol–water partition coefficient (Wildman–Crippen LogP) is 4.17. The van der Waals surface area contributed by atoms with Crippen molar-refractivity contribution in [3.05, 3.63) is 24.3 Å². The zero-order chi connectivity index (χ0) is 22.6. The van der Waals surface area contributed by atoms with Crippen LogP contribution in [-0.4, -0.2) is 41.8 Å². The number of hydrogen-bond donors (Lipinski definition) is 0. The summed E-state index contributed by atoms with van der Waals surface area (Å²) in [4.78, 5) is 43.8. The number of carbonyl (C=O) groups excluding carboxylic acids is 3. The van der Waals surface area contributed by atoms with Crippen LogP contribution in [0.3, 0.4) is 0 Å². The topological polar surface area (TPSA) is 66.9 Å². The SMILES string of the molecule is CCC(C)N(C(=O)C12CC3CC(CC(C3)C1)C2)C1CC(=O)N(c2ccc(OC)cc2)C1=O. The molecule has 1 aromatic rings. The van der Waals surface area contributed by atoms with Crippen molar-refractivity contribution in [2.45, 2.75) is 77.3 Å². The molecule has 4 bridgehead atoms. The Hall–Kier alpha value is -2.37. The second kappa shape index (κ2) is 7.89. The maximum Gasteiger partial charge on any atom is 0.257 e. The number of ether oxygens (including phenoxy) is 1. The molecule has 32 heavy (non-hydrogen) atoms. The number of rotatable bonds is 6. The van der Waals surface area contributed by atoms with E-state index in [1.165, 1.54) is 24.2 Å². The summed E-state index contributed by atoms with van der Waals surface area (Å²) in [7, 11) is 1.58. The molecular weight excluding hydrogens is 404 g/mol. The highest BCUT2D eigenvalue weighted by Crippen LogP contribution is 2.61. The Morgan fingerprint density at radius 2 is 1.66 bits per heavy atom. The van der Waals surface area contributed by atoms with Crippen LogP contribution in [0.1, 0.15) is 65.2 Å². The van der Waals surface area contributed by atoms with Crippen LogP contribution in [0.25, 0.3) is 0 Å². The molecule has 1 aliphatic heterocycles. The molecule has 0 aromatic heterocycles. The van der Waals surface area contributed by atoms with E-state index in [2.05, 4.69) is 0 Å². The first-order valence-corrected chi connectivity index (χ1v) is 12.2. The predicted molar refractivity (Wildman–Crippen MR) is 121 cm³/mol. The first-order chi connectivity index (χ1) is 15.3. The molecule has 0 N–H and O–H groups in total. The Morgan fingerprint density at radius 3 is 2.16 bits per heavy atom. The summed E-state index contributed by atoms with van der Waals surface area (Å²) in [5.74, 6) is 2.24. The molecule has 6 rings (SSSR count). The van der Waals surface area contributed by atoms with Crippen LogP contribution in [0, 0.1) is 23.2 Å². The number of nitrogens with zero attached hydrogens (tertiary/aromatic N) is 2. The summed E-state index contributed by atoms with van der Waals surface area (Å²) in [6.07, 6.45) is 7.50. The number of hydrogen-bond acceptors (Lipinski definition) is 4. The van der Waals surface area contributed by atoms with Crippen LogP contribution in [0.5, 0.6) is 5.75 Å². The molecule has 6 heteroatoms. The molecule has 3 amide bonds. The minimum Gasteiger partial charge on any atom is -0.497 e. The third-order valence-corrected chi connectivity index (χ3v) is 8.58. The van der Waals surface area contributed by atoms with Gasteiger partial charge in [0.25, 0.3) is 5.91 Å². The second-order valence-electron chi connectivity index (χ2n) is 10.7. The fourth-order valence-corrected chi connectivity index (χ4v) is 7.33. The molecule has 2 unspecified atom stereocenters. The number of benzene rings is 1. The number of imide groups is 1. The number of amides is 3. The lowest BCUT2D eigenvalue weighted by atomic mass is 9.49. The van der Waals surface area contributed by atoms with E-state index in [1.54, 1.807) is 31.4 Å². The van der Waals surface area contributed by atoms with Crippen molar-refractivity contribution in [1.29, 1.82) is 0 Å². The van der Waals surface area contributed by atoms with Crippen LogP contribution in [0.15, 0.2) is 24.3 Å². The molecule has 1 saturated heterocycles. The van der Waals surface area contributed by atoms with Gasteiger partial charge in [-0.25, -0.2) is 4.90 Å². The van der Waals surface area contributed by atoms with E-state index in [9.17, 15) is 14.4 Å². The van der Waals surface area contributed by atoms with Gasteiger partial charge in [0.2, 0.25) is 11.8 Å². The van der Waals surface area contributed by atoms with Gasteiger partial charge in [-0.1, -0.05) is 6.92 Å². The van der Waals surface area contributed by atoms with E-state index >= 15 is 0 Å². The quantitative estimate of drug-likeness (QED) is 0.625. The lowest BCUT2D eigenvalue weighted by molar-refractivity contribution is -0.164. The zero-order valence-electron chi connectivity index (χ0n) is 19.4. The summed E-state index contributed by atoms with van der Waals surface area (Å²) in [5, 5.41) is 0. The van der Waals surface area contributed by atoms with E-state index < -0.39 is 6.04 Å². The van der Waals surface area contributed by atoms with E-state index in [0.29, 0.717) is 29.2 Å². The van der Waals surface area contributed by atoms with Crippen molar-refractivity contribution in [2.75, 3.05) is 12.0 Å². The molecule has 4 aliphatic carbocycles. The van der Waals surface area contributed by atoms with Gasteiger partial charge in [0.1, 0.15) is 11.8 Å². The Kier molecular flexibility index (Phi) is 5.30. The third kappa shape index (κ3) is 3.34. The van der Waals surface area contributed by atoms with Crippen molar-refractivity contribution in [3.63, 3.8) is 0 Å². The highest BCUT2D eigenvalue weighted by atomic mass is 16.5. The lowest BCUT2D eigenvalue weighted by Gasteiger charge is -2.57. The van der Waals surface area contributed by atoms with Crippen LogP contribution in [0.4, 0.5) is 5.69 Å². The van der Waals surface area contributed by atoms with Crippen LogP contribution < -0.4 is 9.64 Å². The van der Waals surface area contributed by atoms with Crippen LogP contribution in [0.2, 0.25) is 0 Å². The molecule has 1 aromatic carbocycles. The summed E-state index contributed by atoms with van der Waals surface area (Å²) >= 11 is 0. The standard InChI is InChI=1S/C26H34N2O4/c1-4-16(2)27(25(31)26-13-17-9-18(14-26)11-19(10-17)15-26)22-12-23(29)28(24(22)30)20-5-7-21(32-3)8-6-20/h5-8,16-19,22H,4,9-15H2,1-3H3. The number of anilines is 1. The molecule has 2 atom stereocenters. The number of methoxy groups -OCH3 is 1. The average molecular weight is 439 g/mol. The zero-order valence-corrected chi connectivity index (χ0v) is 19.4. The summed E-state index contributed by atoms with van der Waals surface area (Å²) in [6, 6.07) is 6.16. The van der Waals surface area contributed by atoms with Gasteiger partial charge in [0.15, 0.2) is 0 Å². The Morgan fingerprint density at radius 1 is 1.09 bits per heavy atom. The average Bonchev–Trinajstić information content (AvgIpc) is 3.06. The van der Waals surface area contributed by atoms with Crippen LogP contribution in [-0.2, 0) is 14.4 Å². The largest absolute Gasteiger partial charge is 0.497 e. The summed E-state index contributed by atoms with van der Waals surface area (Å²) in [6.45, 7) is 4.07. The minimum atomic E-state index is -0.708. The van der Waals surface area contributed by atoms with E-state index in [0.717, 1.165) is 25.7 Å². The molecule has 1 heterocycles. The maximum absolute atomic E-state index is 14.2. The monoisotopic (exact) mass is 438 g/mol. The maximum atomic E-state index is 14.2. The van der Waals surface area contributed by atoms with E-state index in [-0.39, 0.29) is 35.6 Å². The van der Waals surface area contributed by atoms with Gasteiger partial charge in [-0.15, -0.1) is 0 Å². The van der Waals surface area contributed by atoms with Gasteiger partial charge in [-0.3, -0.25) is 14.4 Å². The van der Waals surface area contributed by atoms with E-state index in [4.69, 9.17) is 4.74 Å². The number of carbonyl (C=O) groups is 3. The second-order valence-corrected chi connectivity index (χ2v) is 10.7. The van der Waals surface area contributed by atoms with Gasteiger partial charge in [-0.05, 0) is 93.9 Å². The first kappa shape index (κ1) is 21.5. The van der Waals surface area contributed by atoms with Crippen molar-refractivity contribution in [3.8, 4) is 5.75 Å². The molecule has 0 radical (unpaired) electrons. The van der Waals surface area contributed by atoms with Crippen molar-refractivity contribution in [1.82, 2.24) is 4.90 Å². The molecule has 6 nitrogen and oxygen atoms in total. The van der Waals surface area contributed by atoms with Gasteiger partial charge in [0.05, 0.1) is 24.6 Å². The molecule has 5 aliphatic rings. The Bertz CT molecular complexity index is 889. The van der Waals surface area contributed by atoms with Crippen molar-refractivity contribution in [2.24, 2.45) is 23.2 Å². The lowest BCUT2D eigenvalue weighted by Crippen LogP contribution is -2.59. The smallest absolute Gasteiger partial charge is 0.257 e. The highest BCUT2D eigenvalue weighted by Gasteiger charge is 2.58. The fourth-order valence-electron chi connectivity index (χ4n) is 7.33. The van der Waals surface area contributed by atoms with Crippen molar-refractivity contribution >= 4 is 23.4 Å². The van der Waals surface area contributed by atoms with Gasteiger partial charge in [-0.2, -0.15) is 0 Å². The summed E-state index contributed by atoms with van der Waals surface area (Å²) < 4.78 is 5.20. The Labute approximate surface area is 190 Å². The summed E-state index contributed by atoms with van der Waals surface area (Å²) in [5.41, 5.74) is 0.212. The molecule has 0 spiro atoms. The van der Waals surface area contributed by atoms with Gasteiger partial charge >= 0.3 is 0 Å². The normalized spacial score (nSPS) is 34.2. The van der Waals surface area contributed by atoms with Crippen LogP contribution >= 0.6 is 0 Å². The molecule has 4 saturated carbocycles.